The van der Waals surface area contributed by atoms with Crippen LogP contribution >= 0.6 is 0 Å². The molecule has 1 N–H and O–H groups in total. The third-order valence-electron chi connectivity index (χ3n) is 2.90. The Morgan fingerprint density at radius 3 is 3.20 bits per heavy atom. The molecule has 0 aliphatic carbocycles. The average Bonchev–Trinajstić information content (AvgIpc) is 2.77. The number of rotatable bonds is 3. The minimum atomic E-state index is -0.0218. The highest BCUT2D eigenvalue weighted by Gasteiger charge is 2.24. The van der Waals surface area contributed by atoms with Crippen LogP contribution in [0.5, 0.6) is 0 Å². The number of hydrogen-bond acceptors (Lipinski definition) is 3. The van der Waals surface area contributed by atoms with Crippen LogP contribution in [-0.4, -0.2) is 27.9 Å². The van der Waals surface area contributed by atoms with Crippen LogP contribution in [0.4, 0.5) is 0 Å². The molecule has 4 nitrogen and oxygen atoms in total. The second-order valence-electron chi connectivity index (χ2n) is 3.90. The number of ketones is 1. The molecule has 82 valence electrons. The van der Waals surface area contributed by atoms with Gasteiger partial charge in [-0.3, -0.25) is 4.79 Å². The van der Waals surface area contributed by atoms with Crippen LogP contribution in [0.25, 0.3) is 0 Å². The van der Waals surface area contributed by atoms with E-state index in [0.717, 1.165) is 25.9 Å². The fraction of sp³-hybridized carbons (Fsp3) is 0.636. The monoisotopic (exact) mass is 207 g/mol. The molecule has 1 aromatic heterocycles. The zero-order chi connectivity index (χ0) is 10.7. The predicted molar refractivity (Wildman–Crippen MR) is 57.9 cm³/mol. The maximum absolute atomic E-state index is 12.1. The average molecular weight is 207 g/mol. The number of Topliss-reactive ketones (excluding diaryl/α,β-unsaturated/α-hetero) is 1. The molecule has 2 heterocycles. The summed E-state index contributed by atoms with van der Waals surface area (Å²) in [7, 11) is 0. The molecule has 0 aromatic carbocycles. The third kappa shape index (κ3) is 2.09. The molecule has 1 saturated heterocycles. The summed E-state index contributed by atoms with van der Waals surface area (Å²) in [6.07, 6.45) is 6.80. The van der Waals surface area contributed by atoms with Gasteiger partial charge in [0.25, 0.3) is 0 Å². The maximum Gasteiger partial charge on any atom is 0.215 e. The van der Waals surface area contributed by atoms with Crippen molar-refractivity contribution in [3.05, 3.63) is 18.2 Å². The molecule has 1 unspecified atom stereocenters. The Labute approximate surface area is 89.7 Å². The summed E-state index contributed by atoms with van der Waals surface area (Å²) < 4.78 is 1.90. The van der Waals surface area contributed by atoms with E-state index in [4.69, 9.17) is 0 Å². The number of imidazole rings is 1. The van der Waals surface area contributed by atoms with Crippen molar-refractivity contribution < 1.29 is 4.79 Å². The van der Waals surface area contributed by atoms with Crippen LogP contribution in [0.15, 0.2) is 12.4 Å². The first kappa shape index (κ1) is 10.4. The molecular weight excluding hydrogens is 190 g/mol. The van der Waals surface area contributed by atoms with Gasteiger partial charge in [0.05, 0.1) is 6.04 Å². The molecule has 0 radical (unpaired) electrons. The minimum absolute atomic E-state index is 0.0218. The predicted octanol–water partition coefficient (Wildman–Crippen LogP) is 1.23. The molecule has 0 saturated carbocycles. The Morgan fingerprint density at radius 2 is 2.53 bits per heavy atom. The lowest BCUT2D eigenvalue weighted by Crippen LogP contribution is -2.41. The highest BCUT2D eigenvalue weighted by atomic mass is 16.1. The number of aromatic nitrogens is 2. The van der Waals surface area contributed by atoms with Crippen LogP contribution in [-0.2, 0) is 6.54 Å². The molecule has 15 heavy (non-hydrogen) atoms. The van der Waals surface area contributed by atoms with E-state index in [-0.39, 0.29) is 11.8 Å². The van der Waals surface area contributed by atoms with Gasteiger partial charge >= 0.3 is 0 Å². The van der Waals surface area contributed by atoms with Crippen LogP contribution in [0, 0.1) is 0 Å². The normalized spacial score (nSPS) is 21.5. The number of carbonyl (C=O) groups is 1. The molecular formula is C11H17N3O. The zero-order valence-corrected chi connectivity index (χ0v) is 9.07. The van der Waals surface area contributed by atoms with Gasteiger partial charge < -0.3 is 9.88 Å². The minimum Gasteiger partial charge on any atom is -0.329 e. The van der Waals surface area contributed by atoms with E-state index >= 15 is 0 Å². The maximum atomic E-state index is 12.1. The number of hydrogen-bond donors (Lipinski definition) is 1. The number of carbonyl (C=O) groups excluding carboxylic acids is 1. The molecule has 1 atom stereocenters. The Morgan fingerprint density at radius 1 is 1.67 bits per heavy atom. The molecule has 0 spiro atoms. The lowest BCUT2D eigenvalue weighted by Gasteiger charge is -2.21. The number of nitrogens with zero attached hydrogens (tertiary/aromatic N) is 2. The summed E-state index contributed by atoms with van der Waals surface area (Å²) in [4.78, 5) is 16.2. The first-order valence-corrected chi connectivity index (χ1v) is 5.61. The van der Waals surface area contributed by atoms with Crippen LogP contribution in [0.1, 0.15) is 36.8 Å². The summed E-state index contributed by atoms with van der Waals surface area (Å²) in [5, 5.41) is 3.26. The molecule has 0 bridgehead atoms. The topological polar surface area (TPSA) is 46.9 Å². The molecule has 2 rings (SSSR count). The van der Waals surface area contributed by atoms with E-state index in [9.17, 15) is 4.79 Å². The highest BCUT2D eigenvalue weighted by Crippen LogP contribution is 2.12. The Kier molecular flexibility index (Phi) is 3.16. The van der Waals surface area contributed by atoms with E-state index in [1.165, 1.54) is 6.42 Å². The van der Waals surface area contributed by atoms with Gasteiger partial charge in [-0.25, -0.2) is 4.98 Å². The standard InChI is InChI=1S/C11H17N3O/c1-2-14-8-7-13-11(14)10(15)9-5-3-4-6-12-9/h7-9,12H,2-6H2,1H3. The van der Waals surface area contributed by atoms with Crippen molar-refractivity contribution in [1.29, 1.82) is 0 Å². The van der Waals surface area contributed by atoms with E-state index in [1.54, 1.807) is 6.20 Å². The molecule has 4 heteroatoms. The van der Waals surface area contributed by atoms with Crippen molar-refractivity contribution in [1.82, 2.24) is 14.9 Å². The fourth-order valence-electron chi connectivity index (χ4n) is 2.02. The number of nitrogens with one attached hydrogen (secondary N) is 1. The zero-order valence-electron chi connectivity index (χ0n) is 9.07. The van der Waals surface area contributed by atoms with Gasteiger partial charge in [0, 0.05) is 18.9 Å². The van der Waals surface area contributed by atoms with Gasteiger partial charge in [0.1, 0.15) is 0 Å². The summed E-state index contributed by atoms with van der Waals surface area (Å²) >= 11 is 0. The van der Waals surface area contributed by atoms with E-state index in [1.807, 2.05) is 17.7 Å². The van der Waals surface area contributed by atoms with Crippen molar-refractivity contribution in [3.8, 4) is 0 Å². The SMILES string of the molecule is CCn1ccnc1C(=O)C1CCCCN1. The second-order valence-corrected chi connectivity index (χ2v) is 3.90. The van der Waals surface area contributed by atoms with E-state index in [0.29, 0.717) is 5.82 Å². The van der Waals surface area contributed by atoms with Gasteiger partial charge in [-0.15, -0.1) is 0 Å². The van der Waals surface area contributed by atoms with Crippen molar-refractivity contribution in [2.24, 2.45) is 0 Å². The first-order chi connectivity index (χ1) is 7.33. The van der Waals surface area contributed by atoms with Crippen molar-refractivity contribution in [2.75, 3.05) is 6.54 Å². The Hall–Kier alpha value is -1.16. The van der Waals surface area contributed by atoms with Gasteiger partial charge in [-0.1, -0.05) is 6.42 Å². The van der Waals surface area contributed by atoms with E-state index < -0.39 is 0 Å². The number of aryl methyl sites for hydroxylation is 1. The van der Waals surface area contributed by atoms with Gasteiger partial charge in [0.15, 0.2) is 5.82 Å². The quantitative estimate of drug-likeness (QED) is 0.758. The molecule has 1 aliphatic heterocycles. The van der Waals surface area contributed by atoms with Crippen molar-refractivity contribution in [3.63, 3.8) is 0 Å². The van der Waals surface area contributed by atoms with E-state index in [2.05, 4.69) is 10.3 Å². The molecule has 1 fully saturated rings. The summed E-state index contributed by atoms with van der Waals surface area (Å²) in [5.41, 5.74) is 0. The smallest absolute Gasteiger partial charge is 0.215 e. The van der Waals surface area contributed by atoms with Crippen molar-refractivity contribution in [2.45, 2.75) is 38.8 Å². The summed E-state index contributed by atoms with van der Waals surface area (Å²) in [6, 6.07) is -0.0218. The summed E-state index contributed by atoms with van der Waals surface area (Å²) in [5.74, 6) is 0.735. The van der Waals surface area contributed by atoms with Gasteiger partial charge in [0.2, 0.25) is 5.78 Å². The van der Waals surface area contributed by atoms with Crippen LogP contribution in [0.3, 0.4) is 0 Å². The molecule has 1 aromatic rings. The number of piperidine rings is 1. The van der Waals surface area contributed by atoms with Crippen LogP contribution < -0.4 is 5.32 Å². The first-order valence-electron chi connectivity index (χ1n) is 5.61. The highest BCUT2D eigenvalue weighted by molar-refractivity contribution is 5.97. The van der Waals surface area contributed by atoms with Gasteiger partial charge in [-0.2, -0.15) is 0 Å². The van der Waals surface area contributed by atoms with Crippen LogP contribution in [0.2, 0.25) is 0 Å². The molecule has 1 aliphatic rings. The lowest BCUT2D eigenvalue weighted by atomic mass is 10.0. The van der Waals surface area contributed by atoms with Gasteiger partial charge in [-0.05, 0) is 26.3 Å². The largest absolute Gasteiger partial charge is 0.329 e. The molecule has 0 amide bonds. The Bertz CT molecular complexity index is 339. The third-order valence-corrected chi connectivity index (χ3v) is 2.90. The Balaban J connectivity index is 2.12. The van der Waals surface area contributed by atoms with Crippen molar-refractivity contribution >= 4 is 5.78 Å². The fourth-order valence-corrected chi connectivity index (χ4v) is 2.02. The summed E-state index contributed by atoms with van der Waals surface area (Å²) in [6.45, 7) is 3.77. The lowest BCUT2D eigenvalue weighted by molar-refractivity contribution is 0.0912. The second kappa shape index (κ2) is 4.57.